The Morgan fingerprint density at radius 1 is 1.31 bits per heavy atom. The molecule has 1 fully saturated rings. The van der Waals surface area contributed by atoms with E-state index in [-0.39, 0.29) is 5.56 Å². The van der Waals surface area contributed by atoms with Gasteiger partial charge in [0.25, 0.3) is 11.8 Å². The van der Waals surface area contributed by atoms with Gasteiger partial charge in [-0.2, -0.15) is 10.4 Å². The smallest absolute Gasteiger partial charge is 0.268 e. The third-order valence-electron chi connectivity index (χ3n) is 4.36. The van der Waals surface area contributed by atoms with Gasteiger partial charge in [-0.3, -0.25) is 14.3 Å². The predicted molar refractivity (Wildman–Crippen MR) is 106 cm³/mol. The number of likely N-dealkylation sites (tertiary alicyclic amines) is 1. The van der Waals surface area contributed by atoms with Crippen LogP contribution >= 0.6 is 31.9 Å². The van der Waals surface area contributed by atoms with E-state index in [9.17, 15) is 18.4 Å². The van der Waals surface area contributed by atoms with Crippen molar-refractivity contribution in [3.05, 3.63) is 50.7 Å². The molecule has 152 valence electrons. The van der Waals surface area contributed by atoms with Crippen molar-refractivity contribution in [3.63, 3.8) is 0 Å². The number of nitrogens with one attached hydrogen (secondary N) is 1. The van der Waals surface area contributed by atoms with Crippen LogP contribution in [0.5, 0.6) is 0 Å². The molecule has 2 amide bonds. The summed E-state index contributed by atoms with van der Waals surface area (Å²) in [7, 11) is 0. The van der Waals surface area contributed by atoms with E-state index in [1.807, 2.05) is 24.3 Å². The van der Waals surface area contributed by atoms with Gasteiger partial charge < -0.3 is 10.2 Å². The Kier molecular flexibility index (Phi) is 6.33. The number of nitrogens with zero attached hydrogens (tertiary/aromatic N) is 4. The molecule has 3 rings (SSSR count). The lowest BCUT2D eigenvalue weighted by Gasteiger charge is -2.19. The fourth-order valence-corrected chi connectivity index (χ4v) is 3.71. The van der Waals surface area contributed by atoms with Gasteiger partial charge >= 0.3 is 0 Å². The van der Waals surface area contributed by atoms with Gasteiger partial charge in [0.05, 0.1) is 31.3 Å². The van der Waals surface area contributed by atoms with E-state index in [0.717, 1.165) is 14.9 Å². The third kappa shape index (κ3) is 5.19. The lowest BCUT2D eigenvalue weighted by Crippen LogP contribution is -2.42. The van der Waals surface area contributed by atoms with Crippen LogP contribution in [0.25, 0.3) is 0 Å². The maximum atomic E-state index is 13.5. The highest BCUT2D eigenvalue weighted by molar-refractivity contribution is 9.10. The van der Waals surface area contributed by atoms with E-state index in [4.69, 9.17) is 5.26 Å². The average Bonchev–Trinajstić information content (AvgIpc) is 3.20. The zero-order valence-electron chi connectivity index (χ0n) is 14.9. The predicted octanol–water partition coefficient (Wildman–Crippen LogP) is 2.95. The van der Waals surface area contributed by atoms with Gasteiger partial charge in [0, 0.05) is 17.1 Å². The lowest BCUT2D eigenvalue weighted by atomic mass is 10.2. The summed E-state index contributed by atoms with van der Waals surface area (Å²) in [5, 5.41) is 15.6. The first-order valence-corrected chi connectivity index (χ1v) is 10.1. The molecule has 1 aliphatic rings. The number of halogens is 4. The molecule has 29 heavy (non-hydrogen) atoms. The number of alkyl halides is 2. The third-order valence-corrected chi connectivity index (χ3v) is 5.47. The van der Waals surface area contributed by atoms with E-state index in [1.165, 1.54) is 6.20 Å². The zero-order chi connectivity index (χ0) is 21.2. The Balaban J connectivity index is 1.61. The number of carbonyl (C=O) groups is 2. The molecular weight excluding hydrogens is 516 g/mol. The maximum absolute atomic E-state index is 13.5. The molecule has 0 bridgehead atoms. The van der Waals surface area contributed by atoms with Gasteiger partial charge in [0.2, 0.25) is 5.91 Å². The SMILES string of the molecule is N#C[C@@H]1CC(F)(F)CN1C(=O)CNC(=O)c1cn(Cc2ccc(Br)cc2)nc1Br. The first-order valence-electron chi connectivity index (χ1n) is 8.51. The molecule has 1 saturated heterocycles. The van der Waals surface area contributed by atoms with Crippen LogP contribution in [0.2, 0.25) is 0 Å². The van der Waals surface area contributed by atoms with Crippen LogP contribution in [0, 0.1) is 11.3 Å². The quantitative estimate of drug-likeness (QED) is 0.643. The molecule has 0 unspecified atom stereocenters. The Morgan fingerprint density at radius 3 is 2.66 bits per heavy atom. The van der Waals surface area contributed by atoms with Crippen molar-refractivity contribution < 1.29 is 18.4 Å². The number of hydrogen-bond donors (Lipinski definition) is 1. The van der Waals surface area contributed by atoms with E-state index in [0.29, 0.717) is 11.1 Å². The molecule has 1 aliphatic heterocycles. The monoisotopic (exact) mass is 529 g/mol. The molecule has 0 spiro atoms. The summed E-state index contributed by atoms with van der Waals surface area (Å²) in [5.74, 6) is -4.41. The Bertz CT molecular complexity index is 972. The van der Waals surface area contributed by atoms with Crippen LogP contribution in [-0.2, 0) is 11.3 Å². The van der Waals surface area contributed by atoms with Crippen LogP contribution in [0.3, 0.4) is 0 Å². The Morgan fingerprint density at radius 2 is 2.00 bits per heavy atom. The molecule has 0 aliphatic carbocycles. The summed E-state index contributed by atoms with van der Waals surface area (Å²) in [6.07, 6.45) is 0.825. The van der Waals surface area contributed by atoms with Crippen LogP contribution in [0.1, 0.15) is 22.3 Å². The van der Waals surface area contributed by atoms with Crippen molar-refractivity contribution in [2.75, 3.05) is 13.1 Å². The number of aromatic nitrogens is 2. The molecule has 1 atom stereocenters. The van der Waals surface area contributed by atoms with E-state index in [1.54, 1.807) is 10.8 Å². The van der Waals surface area contributed by atoms with Gasteiger partial charge in [0.1, 0.15) is 10.6 Å². The highest BCUT2D eigenvalue weighted by Gasteiger charge is 2.47. The van der Waals surface area contributed by atoms with Crippen LogP contribution < -0.4 is 5.32 Å². The van der Waals surface area contributed by atoms with Crippen LogP contribution in [0.15, 0.2) is 39.5 Å². The van der Waals surface area contributed by atoms with Crippen molar-refractivity contribution in [1.82, 2.24) is 20.0 Å². The molecule has 2 aromatic rings. The highest BCUT2D eigenvalue weighted by Crippen LogP contribution is 2.31. The van der Waals surface area contributed by atoms with Gasteiger partial charge in [-0.15, -0.1) is 0 Å². The topological polar surface area (TPSA) is 91.0 Å². The molecule has 7 nitrogen and oxygen atoms in total. The van der Waals surface area contributed by atoms with Gasteiger partial charge in [-0.25, -0.2) is 8.78 Å². The molecular formula is C18H15Br2F2N5O2. The maximum Gasteiger partial charge on any atom is 0.268 e. The van der Waals surface area contributed by atoms with Crippen molar-refractivity contribution >= 4 is 43.7 Å². The summed E-state index contributed by atoms with van der Waals surface area (Å²) in [6.45, 7) is -0.878. The minimum absolute atomic E-state index is 0.207. The van der Waals surface area contributed by atoms with Gasteiger partial charge in [0.15, 0.2) is 0 Å². The number of carbonyl (C=O) groups excluding carboxylic acids is 2. The number of rotatable bonds is 5. The van der Waals surface area contributed by atoms with Crippen molar-refractivity contribution in [2.24, 2.45) is 0 Å². The fourth-order valence-electron chi connectivity index (χ4n) is 2.95. The Hall–Kier alpha value is -2.32. The first kappa shape index (κ1) is 21.4. The average molecular weight is 531 g/mol. The van der Waals surface area contributed by atoms with Crippen LogP contribution in [0.4, 0.5) is 8.78 Å². The van der Waals surface area contributed by atoms with Gasteiger partial charge in [-0.05, 0) is 33.6 Å². The van der Waals surface area contributed by atoms with Crippen molar-refractivity contribution in [2.45, 2.75) is 24.9 Å². The van der Waals surface area contributed by atoms with Gasteiger partial charge in [-0.1, -0.05) is 28.1 Å². The summed E-state index contributed by atoms with van der Waals surface area (Å²) in [6, 6.07) is 8.11. The van der Waals surface area contributed by atoms with Crippen molar-refractivity contribution in [1.29, 1.82) is 5.26 Å². The second-order valence-electron chi connectivity index (χ2n) is 6.57. The number of hydrogen-bond acceptors (Lipinski definition) is 4. The first-order chi connectivity index (χ1) is 13.7. The zero-order valence-corrected chi connectivity index (χ0v) is 18.1. The number of benzene rings is 1. The minimum atomic E-state index is -3.10. The summed E-state index contributed by atoms with van der Waals surface area (Å²) in [4.78, 5) is 25.4. The standard InChI is InChI=1S/C18H15Br2F2N5O2/c19-12-3-1-11(2-4-12)8-26-9-14(16(20)25-26)17(29)24-7-15(28)27-10-18(21,22)5-13(27)6-23/h1-4,9,13H,5,7-8,10H2,(H,24,29)/t13-/m0/s1. The van der Waals surface area contributed by atoms with E-state index in [2.05, 4.69) is 42.3 Å². The summed E-state index contributed by atoms with van der Waals surface area (Å²) < 4.78 is 29.7. The molecule has 1 aromatic heterocycles. The molecule has 0 radical (unpaired) electrons. The second kappa shape index (κ2) is 8.59. The minimum Gasteiger partial charge on any atom is -0.343 e. The molecule has 1 aromatic carbocycles. The summed E-state index contributed by atoms with van der Waals surface area (Å²) >= 11 is 6.57. The van der Waals surface area contributed by atoms with E-state index < -0.39 is 43.3 Å². The molecule has 11 heteroatoms. The fraction of sp³-hybridized carbons (Fsp3) is 0.333. The molecule has 1 N–H and O–H groups in total. The Labute approximate surface area is 181 Å². The normalized spacial score (nSPS) is 17.8. The van der Waals surface area contributed by atoms with E-state index >= 15 is 0 Å². The molecule has 2 heterocycles. The van der Waals surface area contributed by atoms with Crippen molar-refractivity contribution in [3.8, 4) is 6.07 Å². The lowest BCUT2D eigenvalue weighted by molar-refractivity contribution is -0.131. The summed E-state index contributed by atoms with van der Waals surface area (Å²) in [5.41, 5.74) is 1.18. The molecule has 0 saturated carbocycles. The highest BCUT2D eigenvalue weighted by atomic mass is 79.9. The number of amides is 2. The van der Waals surface area contributed by atoms with Crippen LogP contribution in [-0.4, -0.2) is 51.5 Å². The second-order valence-corrected chi connectivity index (χ2v) is 8.23. The number of nitriles is 1. The largest absolute Gasteiger partial charge is 0.343 e.